The highest BCUT2D eigenvalue weighted by molar-refractivity contribution is 6.65. The average molecular weight is 329 g/mol. The predicted octanol–water partition coefficient (Wildman–Crippen LogP) is 2.75. The second-order valence-electron chi connectivity index (χ2n) is 7.18. The van der Waals surface area contributed by atoms with Crippen LogP contribution in [-0.4, -0.2) is 36.0 Å². The van der Waals surface area contributed by atoms with E-state index in [4.69, 9.17) is 14.0 Å². The van der Waals surface area contributed by atoms with Crippen LogP contribution in [-0.2, 0) is 20.6 Å². The van der Waals surface area contributed by atoms with Gasteiger partial charge in [-0.15, -0.1) is 0 Å². The minimum Gasteiger partial charge on any atom is -0.465 e. The van der Waals surface area contributed by atoms with Gasteiger partial charge in [0, 0.05) is 29.1 Å². The lowest BCUT2D eigenvalue weighted by Crippen LogP contribution is -2.41. The van der Waals surface area contributed by atoms with E-state index in [-0.39, 0.29) is 5.97 Å². The molecule has 2 heterocycles. The smallest absolute Gasteiger partial charge is 0.465 e. The van der Waals surface area contributed by atoms with Gasteiger partial charge in [-0.2, -0.15) is 0 Å². The first-order valence-corrected chi connectivity index (χ1v) is 8.27. The molecule has 0 unspecified atom stereocenters. The third kappa shape index (κ3) is 2.54. The van der Waals surface area contributed by atoms with Gasteiger partial charge >= 0.3 is 13.1 Å². The number of hydrogen-bond donors (Lipinski definition) is 0. The van der Waals surface area contributed by atoms with Gasteiger partial charge in [0.25, 0.3) is 0 Å². The lowest BCUT2D eigenvalue weighted by Gasteiger charge is -2.32. The van der Waals surface area contributed by atoms with Gasteiger partial charge in [-0.05, 0) is 52.8 Å². The highest BCUT2D eigenvalue weighted by atomic mass is 16.7. The number of ether oxygens (including phenoxy) is 1. The zero-order valence-electron chi connectivity index (χ0n) is 15.2. The van der Waals surface area contributed by atoms with Crippen LogP contribution >= 0.6 is 0 Å². The first kappa shape index (κ1) is 17.1. The average Bonchev–Trinajstić information content (AvgIpc) is 3.00. The largest absolute Gasteiger partial charge is 0.497 e. The SMILES string of the molecule is CCn1cc(B2OC(C)(C)C(C)(C)O2)c2cc(C(=O)OC)ccc21. The highest BCUT2D eigenvalue weighted by Crippen LogP contribution is 2.37. The minimum atomic E-state index is -0.460. The van der Waals surface area contributed by atoms with Crippen molar-refractivity contribution in [1.82, 2.24) is 4.57 Å². The molecule has 0 N–H and O–H groups in total. The van der Waals surface area contributed by atoms with Crippen LogP contribution in [0, 0.1) is 0 Å². The van der Waals surface area contributed by atoms with E-state index in [0.717, 1.165) is 22.9 Å². The maximum Gasteiger partial charge on any atom is 0.497 e. The fourth-order valence-electron chi connectivity index (χ4n) is 2.99. The molecule has 0 aliphatic carbocycles. The van der Waals surface area contributed by atoms with E-state index in [1.54, 1.807) is 6.07 Å². The Morgan fingerprint density at radius 2 is 1.83 bits per heavy atom. The summed E-state index contributed by atoms with van der Waals surface area (Å²) < 4.78 is 19.4. The number of aromatic nitrogens is 1. The van der Waals surface area contributed by atoms with Crippen molar-refractivity contribution in [3.63, 3.8) is 0 Å². The van der Waals surface area contributed by atoms with Gasteiger partial charge in [-0.3, -0.25) is 0 Å². The van der Waals surface area contributed by atoms with E-state index in [1.807, 2.05) is 46.0 Å². The molecule has 0 atom stereocenters. The molecule has 1 saturated heterocycles. The molecular formula is C18H24BNO4. The third-order valence-corrected chi connectivity index (χ3v) is 5.18. The van der Waals surface area contributed by atoms with E-state index in [2.05, 4.69) is 11.5 Å². The van der Waals surface area contributed by atoms with Crippen LogP contribution in [0.5, 0.6) is 0 Å². The van der Waals surface area contributed by atoms with Crippen molar-refractivity contribution in [3.8, 4) is 0 Å². The quantitative estimate of drug-likeness (QED) is 0.642. The Morgan fingerprint density at radius 3 is 2.38 bits per heavy atom. The molecular weight excluding hydrogens is 305 g/mol. The topological polar surface area (TPSA) is 49.7 Å². The molecule has 1 aliphatic rings. The van der Waals surface area contributed by atoms with Crippen LogP contribution in [0.1, 0.15) is 45.0 Å². The van der Waals surface area contributed by atoms with Crippen molar-refractivity contribution in [2.45, 2.75) is 52.4 Å². The molecule has 1 aromatic heterocycles. The number of esters is 1. The number of methoxy groups -OCH3 is 1. The Labute approximate surface area is 143 Å². The summed E-state index contributed by atoms with van der Waals surface area (Å²) in [5, 5.41) is 0.957. The summed E-state index contributed by atoms with van der Waals surface area (Å²) in [6, 6.07) is 5.59. The molecule has 1 fully saturated rings. The minimum absolute atomic E-state index is 0.346. The second-order valence-corrected chi connectivity index (χ2v) is 7.18. The van der Waals surface area contributed by atoms with Crippen molar-refractivity contribution in [3.05, 3.63) is 30.0 Å². The van der Waals surface area contributed by atoms with Gasteiger partial charge in [-0.1, -0.05) is 0 Å². The Bertz CT molecular complexity index is 778. The molecule has 1 aromatic carbocycles. The summed E-state index contributed by atoms with van der Waals surface area (Å²) in [7, 11) is 0.928. The molecule has 0 amide bonds. The van der Waals surface area contributed by atoms with Gasteiger partial charge in [-0.25, -0.2) is 4.79 Å². The maximum absolute atomic E-state index is 11.9. The number of carbonyl (C=O) groups is 1. The zero-order valence-corrected chi connectivity index (χ0v) is 15.2. The molecule has 24 heavy (non-hydrogen) atoms. The number of carbonyl (C=O) groups excluding carboxylic acids is 1. The van der Waals surface area contributed by atoms with E-state index < -0.39 is 18.3 Å². The monoisotopic (exact) mass is 329 g/mol. The van der Waals surface area contributed by atoms with Crippen LogP contribution in [0.15, 0.2) is 24.4 Å². The Morgan fingerprint density at radius 1 is 1.21 bits per heavy atom. The second kappa shape index (κ2) is 5.64. The highest BCUT2D eigenvalue weighted by Gasteiger charge is 2.52. The normalized spacial score (nSPS) is 19.0. The van der Waals surface area contributed by atoms with Crippen molar-refractivity contribution in [2.75, 3.05) is 7.11 Å². The molecule has 0 radical (unpaired) electrons. The first-order chi connectivity index (χ1) is 11.2. The number of hydrogen-bond acceptors (Lipinski definition) is 4. The molecule has 2 aromatic rings. The van der Waals surface area contributed by atoms with Gasteiger partial charge in [0.05, 0.1) is 23.9 Å². The predicted molar refractivity (Wildman–Crippen MR) is 94.7 cm³/mol. The van der Waals surface area contributed by atoms with Gasteiger partial charge < -0.3 is 18.6 Å². The molecule has 1 aliphatic heterocycles. The first-order valence-electron chi connectivity index (χ1n) is 8.27. The van der Waals surface area contributed by atoms with Crippen LogP contribution in [0.4, 0.5) is 0 Å². The van der Waals surface area contributed by atoms with E-state index in [9.17, 15) is 4.79 Å². The summed E-state index contributed by atoms with van der Waals surface area (Å²) in [4.78, 5) is 11.9. The fourth-order valence-corrected chi connectivity index (χ4v) is 2.99. The number of aryl methyl sites for hydroxylation is 1. The van der Waals surface area contributed by atoms with E-state index >= 15 is 0 Å². The number of fused-ring (bicyclic) bond motifs is 1. The number of benzene rings is 1. The van der Waals surface area contributed by atoms with E-state index in [1.165, 1.54) is 7.11 Å². The molecule has 5 nitrogen and oxygen atoms in total. The van der Waals surface area contributed by atoms with E-state index in [0.29, 0.717) is 5.56 Å². The van der Waals surface area contributed by atoms with Gasteiger partial charge in [0.1, 0.15) is 0 Å². The Hall–Kier alpha value is -1.79. The maximum atomic E-state index is 11.9. The summed E-state index contributed by atoms with van der Waals surface area (Å²) in [6.07, 6.45) is 2.05. The van der Waals surface area contributed by atoms with Crippen molar-refractivity contribution < 1.29 is 18.8 Å². The van der Waals surface area contributed by atoms with Crippen LogP contribution < -0.4 is 5.46 Å². The molecule has 128 valence electrons. The molecule has 0 bridgehead atoms. The van der Waals surface area contributed by atoms with Crippen LogP contribution in [0.2, 0.25) is 0 Å². The molecule has 0 saturated carbocycles. The zero-order chi connectivity index (χ0) is 17.7. The number of rotatable bonds is 3. The lowest BCUT2D eigenvalue weighted by atomic mass is 9.79. The Kier molecular flexibility index (Phi) is 4.01. The summed E-state index contributed by atoms with van der Waals surface area (Å²) in [6.45, 7) is 11.0. The summed E-state index contributed by atoms with van der Waals surface area (Å²) in [5.41, 5.74) is 1.71. The van der Waals surface area contributed by atoms with Crippen LogP contribution in [0.25, 0.3) is 10.9 Å². The van der Waals surface area contributed by atoms with Crippen molar-refractivity contribution >= 4 is 29.5 Å². The van der Waals surface area contributed by atoms with Crippen molar-refractivity contribution in [2.24, 2.45) is 0 Å². The number of nitrogens with zero attached hydrogens (tertiary/aromatic N) is 1. The standard InChI is InChI=1S/C18H24BNO4/c1-7-20-11-14(19-23-17(2,3)18(4,5)24-19)13-10-12(16(21)22-6)8-9-15(13)20/h8-11H,7H2,1-6H3. The van der Waals surface area contributed by atoms with Crippen LogP contribution in [0.3, 0.4) is 0 Å². The summed E-state index contributed by atoms with van der Waals surface area (Å²) in [5.74, 6) is -0.346. The lowest BCUT2D eigenvalue weighted by molar-refractivity contribution is 0.00578. The third-order valence-electron chi connectivity index (χ3n) is 5.18. The summed E-state index contributed by atoms with van der Waals surface area (Å²) >= 11 is 0. The van der Waals surface area contributed by atoms with Gasteiger partial charge in [0.15, 0.2) is 0 Å². The fraction of sp³-hybridized carbons (Fsp3) is 0.500. The molecule has 6 heteroatoms. The Balaban J connectivity index is 2.12. The van der Waals surface area contributed by atoms with Crippen molar-refractivity contribution in [1.29, 1.82) is 0 Å². The molecule has 0 spiro atoms. The van der Waals surface area contributed by atoms with Gasteiger partial charge in [0.2, 0.25) is 0 Å². The molecule has 3 rings (SSSR count).